The van der Waals surface area contributed by atoms with Gasteiger partial charge in [0.2, 0.25) is 11.1 Å². The number of nitrogens with zero attached hydrogens (tertiary/aromatic N) is 4. The van der Waals surface area contributed by atoms with Crippen molar-refractivity contribution in [3.8, 4) is 0 Å². The zero-order valence-electron chi connectivity index (χ0n) is 7.27. The van der Waals surface area contributed by atoms with Crippen LogP contribution in [0.5, 0.6) is 0 Å². The Morgan fingerprint density at radius 2 is 2.50 bits per heavy atom. The van der Waals surface area contributed by atoms with Crippen LogP contribution in [0.3, 0.4) is 0 Å². The number of rotatable bonds is 4. The minimum absolute atomic E-state index is 0.303. The molecule has 0 amide bonds. The molecule has 14 heavy (non-hydrogen) atoms. The average Bonchev–Trinajstić information content (AvgIpc) is 2.77. The van der Waals surface area contributed by atoms with Crippen molar-refractivity contribution in [3.63, 3.8) is 0 Å². The molecule has 74 valence electrons. The van der Waals surface area contributed by atoms with Crippen molar-refractivity contribution in [1.82, 2.24) is 24.5 Å². The Morgan fingerprint density at radius 1 is 1.57 bits per heavy atom. The van der Waals surface area contributed by atoms with Crippen LogP contribution in [0.4, 0.5) is 11.1 Å². The van der Waals surface area contributed by atoms with E-state index in [0.29, 0.717) is 5.95 Å². The molecule has 2 heterocycles. The van der Waals surface area contributed by atoms with E-state index in [0.717, 1.165) is 23.9 Å². The fourth-order valence-electron chi connectivity index (χ4n) is 0.946. The van der Waals surface area contributed by atoms with Crippen LogP contribution in [0.2, 0.25) is 0 Å². The second-order valence-electron chi connectivity index (χ2n) is 2.57. The summed E-state index contributed by atoms with van der Waals surface area (Å²) in [5.74, 6) is 1.15. The van der Waals surface area contributed by atoms with Gasteiger partial charge >= 0.3 is 0 Å². The lowest BCUT2D eigenvalue weighted by Crippen LogP contribution is -2.05. The van der Waals surface area contributed by atoms with Gasteiger partial charge in [-0.05, 0) is 0 Å². The molecule has 8 heteroatoms. The molecular formula is C6H9N7S. The highest BCUT2D eigenvalue weighted by molar-refractivity contribution is 7.09. The largest absolute Gasteiger partial charge is 0.367 e. The number of nitrogens with two attached hydrogens (primary N) is 1. The summed E-state index contributed by atoms with van der Waals surface area (Å²) in [4.78, 5) is 7.95. The Morgan fingerprint density at radius 3 is 3.14 bits per heavy atom. The molecule has 0 saturated heterocycles. The van der Waals surface area contributed by atoms with E-state index in [1.165, 1.54) is 17.9 Å². The molecule has 0 bridgehead atoms. The summed E-state index contributed by atoms with van der Waals surface area (Å²) in [5, 5.41) is 10.3. The highest BCUT2D eigenvalue weighted by Crippen LogP contribution is 2.11. The van der Waals surface area contributed by atoms with Gasteiger partial charge in [0.1, 0.15) is 12.2 Å². The molecule has 0 unspecified atom stereocenters. The molecular weight excluding hydrogens is 202 g/mol. The lowest BCUT2D eigenvalue weighted by molar-refractivity contribution is 0.900. The van der Waals surface area contributed by atoms with Crippen molar-refractivity contribution in [3.05, 3.63) is 12.2 Å². The second kappa shape index (κ2) is 4.01. The number of nitrogen functional groups attached to an aromatic ring is 1. The zero-order chi connectivity index (χ0) is 9.80. The highest BCUT2D eigenvalue weighted by atomic mass is 32.1. The molecule has 0 spiro atoms. The van der Waals surface area contributed by atoms with Gasteiger partial charge < -0.3 is 11.1 Å². The SMILES string of the molecule is Nc1nsc(NCCc2ncn[nH]2)n1. The Hall–Kier alpha value is -1.70. The normalized spacial score (nSPS) is 10.3. The number of anilines is 2. The predicted octanol–water partition coefficient (Wildman–Crippen LogP) is -0.107. The van der Waals surface area contributed by atoms with Crippen molar-refractivity contribution >= 4 is 22.6 Å². The minimum atomic E-state index is 0.303. The first kappa shape index (κ1) is 8.88. The van der Waals surface area contributed by atoms with Crippen LogP contribution in [0.1, 0.15) is 5.82 Å². The van der Waals surface area contributed by atoms with Gasteiger partial charge in [-0.25, -0.2) is 4.98 Å². The summed E-state index contributed by atoms with van der Waals surface area (Å²) in [6, 6.07) is 0. The number of aromatic amines is 1. The maximum atomic E-state index is 5.36. The molecule has 0 aliphatic rings. The van der Waals surface area contributed by atoms with Crippen LogP contribution in [0, 0.1) is 0 Å². The third kappa shape index (κ3) is 2.16. The van der Waals surface area contributed by atoms with Crippen molar-refractivity contribution in [2.45, 2.75) is 6.42 Å². The van der Waals surface area contributed by atoms with Gasteiger partial charge in [-0.2, -0.15) is 14.5 Å². The highest BCUT2D eigenvalue weighted by Gasteiger charge is 2.00. The second-order valence-corrected chi connectivity index (χ2v) is 3.32. The number of nitrogens with one attached hydrogen (secondary N) is 2. The number of hydrogen-bond acceptors (Lipinski definition) is 7. The maximum Gasteiger partial charge on any atom is 0.233 e. The van der Waals surface area contributed by atoms with E-state index in [-0.39, 0.29) is 0 Å². The van der Waals surface area contributed by atoms with E-state index < -0.39 is 0 Å². The van der Waals surface area contributed by atoms with Crippen molar-refractivity contribution in [2.24, 2.45) is 0 Å². The summed E-state index contributed by atoms with van der Waals surface area (Å²) in [6.07, 6.45) is 2.25. The standard InChI is InChI=1S/C6H9N7S/c7-5-11-6(14-13-5)8-2-1-4-9-3-10-12-4/h3H,1-2H2,(H,9,10,12)(H3,7,8,11,13). The Balaban J connectivity index is 1.78. The van der Waals surface area contributed by atoms with Crippen molar-refractivity contribution in [1.29, 1.82) is 0 Å². The molecule has 7 nitrogen and oxygen atoms in total. The quantitative estimate of drug-likeness (QED) is 0.651. The molecule has 0 fully saturated rings. The van der Waals surface area contributed by atoms with E-state index in [2.05, 4.69) is 29.9 Å². The summed E-state index contributed by atoms with van der Waals surface area (Å²) in [7, 11) is 0. The molecule has 0 atom stereocenters. The third-order valence-corrected chi connectivity index (χ3v) is 2.23. The molecule has 2 rings (SSSR count). The predicted molar refractivity (Wildman–Crippen MR) is 52.9 cm³/mol. The number of H-pyrrole nitrogens is 1. The van der Waals surface area contributed by atoms with Crippen LogP contribution in [-0.2, 0) is 6.42 Å². The van der Waals surface area contributed by atoms with Gasteiger partial charge in [0, 0.05) is 24.5 Å². The lowest BCUT2D eigenvalue weighted by Gasteiger charge is -1.97. The zero-order valence-corrected chi connectivity index (χ0v) is 8.08. The van der Waals surface area contributed by atoms with Crippen molar-refractivity contribution in [2.75, 3.05) is 17.6 Å². The van der Waals surface area contributed by atoms with E-state index in [1.807, 2.05) is 0 Å². The summed E-state index contributed by atoms with van der Waals surface area (Å²) < 4.78 is 3.84. The molecule has 2 aromatic heterocycles. The van der Waals surface area contributed by atoms with Crippen LogP contribution in [0.15, 0.2) is 6.33 Å². The van der Waals surface area contributed by atoms with Crippen LogP contribution >= 0.6 is 11.5 Å². The summed E-state index contributed by atoms with van der Waals surface area (Å²) in [6.45, 7) is 0.726. The number of aromatic nitrogens is 5. The molecule has 0 saturated carbocycles. The lowest BCUT2D eigenvalue weighted by atomic mass is 10.4. The molecule has 0 radical (unpaired) electrons. The molecule has 2 aromatic rings. The van der Waals surface area contributed by atoms with Crippen LogP contribution in [0.25, 0.3) is 0 Å². The fourth-order valence-corrected chi connectivity index (χ4v) is 1.47. The van der Waals surface area contributed by atoms with Crippen molar-refractivity contribution < 1.29 is 0 Å². The first-order valence-electron chi connectivity index (χ1n) is 4.02. The third-order valence-electron chi connectivity index (χ3n) is 1.54. The Kier molecular flexibility index (Phi) is 2.54. The average molecular weight is 211 g/mol. The monoisotopic (exact) mass is 211 g/mol. The fraction of sp³-hybridized carbons (Fsp3) is 0.333. The molecule has 0 aliphatic heterocycles. The van der Waals surface area contributed by atoms with Gasteiger partial charge in [0.05, 0.1) is 0 Å². The van der Waals surface area contributed by atoms with E-state index in [9.17, 15) is 0 Å². The maximum absolute atomic E-state index is 5.36. The van der Waals surface area contributed by atoms with Gasteiger partial charge in [-0.15, -0.1) is 0 Å². The van der Waals surface area contributed by atoms with Gasteiger partial charge in [-0.3, -0.25) is 5.10 Å². The summed E-state index contributed by atoms with van der Waals surface area (Å²) >= 11 is 1.24. The first-order valence-corrected chi connectivity index (χ1v) is 4.79. The molecule has 4 N–H and O–H groups in total. The smallest absolute Gasteiger partial charge is 0.233 e. The molecule has 0 aromatic carbocycles. The van der Waals surface area contributed by atoms with E-state index >= 15 is 0 Å². The van der Waals surface area contributed by atoms with Gasteiger partial charge in [-0.1, -0.05) is 0 Å². The van der Waals surface area contributed by atoms with Crippen LogP contribution < -0.4 is 11.1 Å². The van der Waals surface area contributed by atoms with Gasteiger partial charge in [0.15, 0.2) is 0 Å². The Labute approximate surface area is 83.9 Å². The van der Waals surface area contributed by atoms with Gasteiger partial charge in [0.25, 0.3) is 0 Å². The van der Waals surface area contributed by atoms with E-state index in [4.69, 9.17) is 5.73 Å². The van der Waals surface area contributed by atoms with Crippen LogP contribution in [-0.4, -0.2) is 31.1 Å². The Bertz CT molecular complexity index is 381. The minimum Gasteiger partial charge on any atom is -0.367 e. The topological polar surface area (TPSA) is 105 Å². The number of hydrogen-bond donors (Lipinski definition) is 3. The summed E-state index contributed by atoms with van der Waals surface area (Å²) in [5.41, 5.74) is 5.36. The molecule has 0 aliphatic carbocycles. The first-order chi connectivity index (χ1) is 6.84. The van der Waals surface area contributed by atoms with E-state index in [1.54, 1.807) is 0 Å².